The van der Waals surface area contributed by atoms with Crippen molar-refractivity contribution in [3.05, 3.63) is 0 Å². The molecular weight excluding hydrogens is 212 g/mol. The third kappa shape index (κ3) is 3.91. The van der Waals surface area contributed by atoms with Crippen LogP contribution in [0.3, 0.4) is 0 Å². The Labute approximate surface area is 106 Å². The van der Waals surface area contributed by atoms with Gasteiger partial charge in [-0.2, -0.15) is 0 Å². The van der Waals surface area contributed by atoms with E-state index in [1.807, 2.05) is 0 Å². The summed E-state index contributed by atoms with van der Waals surface area (Å²) in [4.78, 5) is 7.36. The van der Waals surface area contributed by atoms with Gasteiger partial charge in [0.25, 0.3) is 0 Å². The van der Waals surface area contributed by atoms with Gasteiger partial charge in [0.1, 0.15) is 0 Å². The topological polar surface area (TPSA) is 35.7 Å². The summed E-state index contributed by atoms with van der Waals surface area (Å²) in [6.07, 6.45) is 2.57. The number of nitrogens with two attached hydrogens (primary N) is 1. The number of hydrogen-bond donors (Lipinski definition) is 1. The molecule has 0 spiro atoms. The molecule has 0 saturated carbocycles. The van der Waals surface area contributed by atoms with Gasteiger partial charge in [-0.05, 0) is 45.9 Å². The van der Waals surface area contributed by atoms with Crippen molar-refractivity contribution in [2.24, 2.45) is 11.7 Å². The Hall–Kier alpha value is -0.160. The largest absolute Gasteiger partial charge is 0.326 e. The first kappa shape index (κ1) is 13.3. The van der Waals surface area contributed by atoms with Gasteiger partial charge in [0.15, 0.2) is 0 Å². The second kappa shape index (κ2) is 6.14. The van der Waals surface area contributed by atoms with Gasteiger partial charge in [0.05, 0.1) is 0 Å². The summed E-state index contributed by atoms with van der Waals surface area (Å²) < 4.78 is 0. The minimum absolute atomic E-state index is 0.382. The summed E-state index contributed by atoms with van der Waals surface area (Å²) in [5.41, 5.74) is 6.39. The van der Waals surface area contributed by atoms with E-state index in [4.69, 9.17) is 5.73 Å². The number of nitrogens with zero attached hydrogens (tertiary/aromatic N) is 3. The van der Waals surface area contributed by atoms with Crippen LogP contribution in [0.2, 0.25) is 0 Å². The van der Waals surface area contributed by atoms with Gasteiger partial charge in [-0.1, -0.05) is 0 Å². The quantitative estimate of drug-likeness (QED) is 0.747. The number of piperazine rings is 1. The smallest absolute Gasteiger partial charge is 0.0197 e. The Morgan fingerprint density at radius 2 is 1.47 bits per heavy atom. The van der Waals surface area contributed by atoms with E-state index in [2.05, 4.69) is 28.8 Å². The summed E-state index contributed by atoms with van der Waals surface area (Å²) in [5, 5.41) is 0. The summed E-state index contributed by atoms with van der Waals surface area (Å²) in [7, 11) is 4.41. The molecule has 0 aromatic heterocycles. The third-order valence-corrected chi connectivity index (χ3v) is 4.43. The third-order valence-electron chi connectivity index (χ3n) is 4.43. The molecule has 0 bridgehead atoms. The van der Waals surface area contributed by atoms with E-state index in [9.17, 15) is 0 Å². The van der Waals surface area contributed by atoms with Gasteiger partial charge >= 0.3 is 0 Å². The van der Waals surface area contributed by atoms with Crippen LogP contribution in [0.5, 0.6) is 0 Å². The molecule has 2 aliphatic rings. The molecule has 0 aromatic rings. The van der Waals surface area contributed by atoms with Crippen LogP contribution in [0.1, 0.15) is 12.8 Å². The molecule has 2 fully saturated rings. The van der Waals surface area contributed by atoms with Crippen LogP contribution in [0.15, 0.2) is 0 Å². The van der Waals surface area contributed by atoms with E-state index in [-0.39, 0.29) is 0 Å². The molecular formula is C13H28N4. The van der Waals surface area contributed by atoms with E-state index in [0.717, 1.165) is 12.5 Å². The van der Waals surface area contributed by atoms with Gasteiger partial charge in [-0.3, -0.25) is 4.90 Å². The summed E-state index contributed by atoms with van der Waals surface area (Å²) in [5.74, 6) is 0.742. The van der Waals surface area contributed by atoms with E-state index < -0.39 is 0 Å². The standard InChI is InChI=1S/C13H28N4/c1-15-5-3-12(4-6-15)13(14)11-17-9-7-16(2)8-10-17/h12-13H,3-11,14H2,1-2H3. The predicted molar refractivity (Wildman–Crippen MR) is 72.1 cm³/mol. The number of likely N-dealkylation sites (N-methyl/N-ethyl adjacent to an activating group) is 1. The molecule has 0 aromatic carbocycles. The zero-order chi connectivity index (χ0) is 12.3. The van der Waals surface area contributed by atoms with Gasteiger partial charge in [-0.15, -0.1) is 0 Å². The van der Waals surface area contributed by atoms with Gasteiger partial charge in [0, 0.05) is 38.8 Å². The normalized spacial score (nSPS) is 28.4. The van der Waals surface area contributed by atoms with Crippen molar-refractivity contribution in [3.8, 4) is 0 Å². The Morgan fingerprint density at radius 1 is 0.941 bits per heavy atom. The highest BCUT2D eigenvalue weighted by atomic mass is 15.2. The molecule has 17 heavy (non-hydrogen) atoms. The molecule has 0 radical (unpaired) electrons. The van der Waals surface area contributed by atoms with Crippen molar-refractivity contribution in [2.75, 3.05) is 59.9 Å². The highest BCUT2D eigenvalue weighted by Gasteiger charge is 2.25. The molecule has 2 heterocycles. The van der Waals surface area contributed by atoms with Crippen LogP contribution >= 0.6 is 0 Å². The molecule has 1 atom stereocenters. The molecule has 0 aliphatic carbocycles. The molecule has 2 aliphatic heterocycles. The number of likely N-dealkylation sites (tertiary alicyclic amines) is 1. The molecule has 4 heteroatoms. The maximum atomic E-state index is 6.39. The monoisotopic (exact) mass is 240 g/mol. The lowest BCUT2D eigenvalue weighted by Gasteiger charge is -2.38. The van der Waals surface area contributed by atoms with Crippen LogP contribution in [0, 0.1) is 5.92 Å². The second-order valence-corrected chi connectivity index (χ2v) is 5.91. The lowest BCUT2D eigenvalue weighted by atomic mass is 9.89. The maximum absolute atomic E-state index is 6.39. The Bertz CT molecular complexity index is 217. The first-order chi connectivity index (χ1) is 8.15. The van der Waals surface area contributed by atoms with Crippen LogP contribution in [-0.2, 0) is 0 Å². The number of rotatable bonds is 3. The van der Waals surface area contributed by atoms with Crippen LogP contribution in [-0.4, -0.2) is 80.7 Å². The second-order valence-electron chi connectivity index (χ2n) is 5.91. The van der Waals surface area contributed by atoms with Crippen molar-refractivity contribution in [3.63, 3.8) is 0 Å². The fourth-order valence-electron chi connectivity index (χ4n) is 2.93. The zero-order valence-electron chi connectivity index (χ0n) is 11.4. The maximum Gasteiger partial charge on any atom is 0.0197 e. The zero-order valence-corrected chi connectivity index (χ0v) is 11.4. The minimum atomic E-state index is 0.382. The predicted octanol–water partition coefficient (Wildman–Crippen LogP) is -0.0971. The van der Waals surface area contributed by atoms with Gasteiger partial charge in [-0.25, -0.2) is 0 Å². The van der Waals surface area contributed by atoms with E-state index in [0.29, 0.717) is 6.04 Å². The van der Waals surface area contributed by atoms with Gasteiger partial charge in [0.2, 0.25) is 0 Å². The lowest BCUT2D eigenvalue weighted by Crippen LogP contribution is -2.51. The van der Waals surface area contributed by atoms with E-state index in [1.165, 1.54) is 52.1 Å². The average Bonchev–Trinajstić information content (AvgIpc) is 2.33. The van der Waals surface area contributed by atoms with Crippen molar-refractivity contribution in [1.82, 2.24) is 14.7 Å². The Kier molecular flexibility index (Phi) is 4.79. The Balaban J connectivity index is 1.71. The molecule has 2 rings (SSSR count). The lowest BCUT2D eigenvalue weighted by molar-refractivity contribution is 0.123. The van der Waals surface area contributed by atoms with Crippen molar-refractivity contribution < 1.29 is 0 Å². The summed E-state index contributed by atoms with van der Waals surface area (Å²) >= 11 is 0. The molecule has 0 amide bonds. The summed E-state index contributed by atoms with van der Waals surface area (Å²) in [6.45, 7) is 8.32. The van der Waals surface area contributed by atoms with Crippen LogP contribution in [0.4, 0.5) is 0 Å². The molecule has 1 unspecified atom stereocenters. The molecule has 2 saturated heterocycles. The highest BCUT2D eigenvalue weighted by Crippen LogP contribution is 2.19. The fourth-order valence-corrected chi connectivity index (χ4v) is 2.93. The molecule has 2 N–H and O–H groups in total. The minimum Gasteiger partial charge on any atom is -0.326 e. The number of piperidine rings is 1. The van der Waals surface area contributed by atoms with Crippen molar-refractivity contribution in [1.29, 1.82) is 0 Å². The number of hydrogen-bond acceptors (Lipinski definition) is 4. The molecule has 4 nitrogen and oxygen atoms in total. The first-order valence-electron chi connectivity index (χ1n) is 7.00. The average molecular weight is 240 g/mol. The highest BCUT2D eigenvalue weighted by molar-refractivity contribution is 4.82. The van der Waals surface area contributed by atoms with Crippen molar-refractivity contribution in [2.45, 2.75) is 18.9 Å². The Morgan fingerprint density at radius 3 is 2.06 bits per heavy atom. The van der Waals surface area contributed by atoms with Gasteiger partial charge < -0.3 is 15.5 Å². The van der Waals surface area contributed by atoms with Crippen LogP contribution < -0.4 is 5.73 Å². The summed E-state index contributed by atoms with van der Waals surface area (Å²) in [6, 6.07) is 0.382. The van der Waals surface area contributed by atoms with E-state index >= 15 is 0 Å². The van der Waals surface area contributed by atoms with Crippen molar-refractivity contribution >= 4 is 0 Å². The first-order valence-corrected chi connectivity index (χ1v) is 7.00. The van der Waals surface area contributed by atoms with E-state index in [1.54, 1.807) is 0 Å². The SMILES string of the molecule is CN1CCC(C(N)CN2CCN(C)CC2)CC1. The van der Waals surface area contributed by atoms with Crippen LogP contribution in [0.25, 0.3) is 0 Å². The molecule has 100 valence electrons. The fraction of sp³-hybridized carbons (Fsp3) is 1.00.